The smallest absolute Gasteiger partial charge is 0.330 e. The summed E-state index contributed by atoms with van der Waals surface area (Å²) in [5, 5.41) is 20.0. The van der Waals surface area contributed by atoms with Crippen molar-refractivity contribution in [2.45, 2.75) is 76.8 Å². The number of hydrogen-bond donors (Lipinski definition) is 2. The van der Waals surface area contributed by atoms with Crippen LogP contribution in [0, 0.1) is 0 Å². The number of cyclic esters (lactones) is 2. The first-order valence-corrected chi connectivity index (χ1v) is 9.28. The Labute approximate surface area is 164 Å². The fraction of sp³-hybridized carbons (Fsp3) is 0.600. The van der Waals surface area contributed by atoms with Crippen molar-refractivity contribution in [3.8, 4) is 0 Å². The summed E-state index contributed by atoms with van der Waals surface area (Å²) >= 11 is 0. The van der Waals surface area contributed by atoms with Crippen LogP contribution in [-0.4, -0.2) is 58.1 Å². The zero-order valence-electron chi connectivity index (χ0n) is 16.2. The van der Waals surface area contributed by atoms with Gasteiger partial charge in [-0.3, -0.25) is 9.59 Å². The van der Waals surface area contributed by atoms with Crippen molar-refractivity contribution in [1.82, 2.24) is 0 Å². The average molecular weight is 396 g/mol. The first-order chi connectivity index (χ1) is 13.2. The van der Waals surface area contributed by atoms with E-state index < -0.39 is 36.4 Å². The molecule has 0 aliphatic carbocycles. The van der Waals surface area contributed by atoms with E-state index >= 15 is 0 Å². The largest absolute Gasteiger partial charge is 0.459 e. The normalized spacial score (nSPS) is 30.0. The number of rotatable bonds is 4. The molecular formula is C20H28O8. The quantitative estimate of drug-likeness (QED) is 0.678. The molecule has 4 atom stereocenters. The highest BCUT2D eigenvalue weighted by molar-refractivity contribution is 5.83. The average Bonchev–Trinajstić information content (AvgIpc) is 2.59. The molecule has 0 spiro atoms. The summed E-state index contributed by atoms with van der Waals surface area (Å²) in [6.45, 7) is 2.74. The van der Waals surface area contributed by atoms with Gasteiger partial charge in [-0.15, -0.1) is 0 Å². The zero-order chi connectivity index (χ0) is 21.1. The van der Waals surface area contributed by atoms with Crippen LogP contribution in [0.2, 0.25) is 0 Å². The molecule has 0 bridgehead atoms. The Morgan fingerprint density at radius 2 is 1.18 bits per heavy atom. The Bertz CT molecular complexity index is 568. The molecule has 1 aliphatic rings. The first-order valence-electron chi connectivity index (χ1n) is 9.28. The van der Waals surface area contributed by atoms with Gasteiger partial charge < -0.3 is 19.7 Å². The van der Waals surface area contributed by atoms with E-state index in [2.05, 4.69) is 0 Å². The highest BCUT2D eigenvalue weighted by atomic mass is 16.5. The van der Waals surface area contributed by atoms with Crippen molar-refractivity contribution in [1.29, 1.82) is 0 Å². The van der Waals surface area contributed by atoms with Crippen molar-refractivity contribution < 1.29 is 38.9 Å². The van der Waals surface area contributed by atoms with Crippen LogP contribution < -0.4 is 0 Å². The van der Waals surface area contributed by atoms with Gasteiger partial charge in [-0.05, 0) is 51.7 Å². The summed E-state index contributed by atoms with van der Waals surface area (Å²) in [5.41, 5.74) is 0. The molecule has 1 rings (SSSR count). The Balaban J connectivity index is 2.91. The topological polar surface area (TPSA) is 127 Å². The summed E-state index contributed by atoms with van der Waals surface area (Å²) in [6, 6.07) is 0. The van der Waals surface area contributed by atoms with Gasteiger partial charge in [0, 0.05) is 25.0 Å². The van der Waals surface area contributed by atoms with Gasteiger partial charge in [0.05, 0.1) is 12.2 Å². The Kier molecular flexibility index (Phi) is 10.3. The van der Waals surface area contributed by atoms with Crippen molar-refractivity contribution in [2.24, 2.45) is 0 Å². The summed E-state index contributed by atoms with van der Waals surface area (Å²) in [5.74, 6) is -1.73. The Morgan fingerprint density at radius 1 is 0.821 bits per heavy atom. The third-order valence-electron chi connectivity index (χ3n) is 4.07. The zero-order valence-corrected chi connectivity index (χ0v) is 16.2. The molecule has 0 amide bonds. The molecule has 28 heavy (non-hydrogen) atoms. The third kappa shape index (κ3) is 10.7. The maximum absolute atomic E-state index is 11.9. The second kappa shape index (κ2) is 12.2. The maximum Gasteiger partial charge on any atom is 0.330 e. The summed E-state index contributed by atoms with van der Waals surface area (Å²) < 4.78 is 10.4. The highest BCUT2D eigenvalue weighted by Crippen LogP contribution is 2.14. The van der Waals surface area contributed by atoms with E-state index in [0.717, 1.165) is 12.2 Å². The van der Waals surface area contributed by atoms with Crippen molar-refractivity contribution in [3.63, 3.8) is 0 Å². The van der Waals surface area contributed by atoms with Gasteiger partial charge in [-0.2, -0.15) is 0 Å². The number of ether oxygens (including phenoxy) is 2. The minimum Gasteiger partial charge on any atom is -0.459 e. The number of carbonyl (C=O) groups is 4. The lowest BCUT2D eigenvalue weighted by molar-refractivity contribution is -0.145. The molecule has 0 unspecified atom stereocenters. The van der Waals surface area contributed by atoms with Gasteiger partial charge in [0.2, 0.25) is 0 Å². The number of carbonyl (C=O) groups excluding carboxylic acids is 4. The predicted molar refractivity (Wildman–Crippen MR) is 99.1 cm³/mol. The number of Topliss-reactive ketones (excluding diaryl/α,β-unsaturated/α-hetero) is 2. The van der Waals surface area contributed by atoms with Crippen molar-refractivity contribution >= 4 is 23.5 Å². The van der Waals surface area contributed by atoms with E-state index in [4.69, 9.17) is 9.47 Å². The van der Waals surface area contributed by atoms with Gasteiger partial charge >= 0.3 is 11.9 Å². The summed E-state index contributed by atoms with van der Waals surface area (Å²) in [6.07, 6.45) is 2.03. The summed E-state index contributed by atoms with van der Waals surface area (Å²) in [7, 11) is 0. The second-order valence-corrected chi connectivity index (χ2v) is 6.94. The van der Waals surface area contributed by atoms with Crippen LogP contribution in [0.1, 0.15) is 52.4 Å². The number of aliphatic hydroxyl groups excluding tert-OH is 2. The lowest BCUT2D eigenvalue weighted by Crippen LogP contribution is -2.23. The van der Waals surface area contributed by atoms with Crippen molar-refractivity contribution in [2.75, 3.05) is 0 Å². The molecule has 0 aromatic carbocycles. The highest BCUT2D eigenvalue weighted by Gasteiger charge is 2.19. The molecule has 8 nitrogen and oxygen atoms in total. The molecule has 1 aliphatic heterocycles. The predicted octanol–water partition coefficient (Wildman–Crippen LogP) is 1.18. The van der Waals surface area contributed by atoms with Gasteiger partial charge in [0.15, 0.2) is 0 Å². The molecule has 8 heteroatoms. The fourth-order valence-corrected chi connectivity index (χ4v) is 2.74. The third-order valence-corrected chi connectivity index (χ3v) is 4.07. The van der Waals surface area contributed by atoms with Crippen LogP contribution in [-0.2, 0) is 28.7 Å². The van der Waals surface area contributed by atoms with E-state index in [9.17, 15) is 29.4 Å². The molecule has 0 aromatic heterocycles. The Hall–Kier alpha value is -2.32. The molecule has 0 aromatic rings. The van der Waals surface area contributed by atoms with Crippen molar-refractivity contribution in [3.05, 3.63) is 24.3 Å². The summed E-state index contributed by atoms with van der Waals surface area (Å²) in [4.78, 5) is 46.6. The van der Waals surface area contributed by atoms with Gasteiger partial charge in [-0.1, -0.05) is 0 Å². The van der Waals surface area contributed by atoms with E-state index in [0.29, 0.717) is 0 Å². The van der Waals surface area contributed by atoms with Crippen LogP contribution in [0.3, 0.4) is 0 Å². The van der Waals surface area contributed by atoms with E-state index in [1.165, 1.54) is 26.0 Å². The molecule has 0 saturated heterocycles. The lowest BCUT2D eigenvalue weighted by atomic mass is 10.0. The van der Waals surface area contributed by atoms with Crippen LogP contribution in [0.5, 0.6) is 0 Å². The fourth-order valence-electron chi connectivity index (χ4n) is 2.74. The Morgan fingerprint density at radius 3 is 1.50 bits per heavy atom. The minimum atomic E-state index is -0.989. The number of aliphatic hydroxyl groups is 2. The molecule has 0 radical (unpaired) electrons. The van der Waals surface area contributed by atoms with Crippen LogP contribution in [0.25, 0.3) is 0 Å². The monoisotopic (exact) mass is 396 g/mol. The second-order valence-electron chi connectivity index (χ2n) is 6.94. The molecular weight excluding hydrogens is 368 g/mol. The lowest BCUT2D eigenvalue weighted by Gasteiger charge is -2.18. The SMILES string of the molecule is CC(=O)C[C@@H]1CC[C@H](O)/C=C/C(=O)O[C@H](CC(C)=O)CC[C@H](O)/C=C/C(=O)O1. The van der Waals surface area contributed by atoms with E-state index in [-0.39, 0.29) is 50.1 Å². The molecule has 156 valence electrons. The van der Waals surface area contributed by atoms with E-state index in [1.807, 2.05) is 0 Å². The van der Waals surface area contributed by atoms with Crippen LogP contribution in [0.15, 0.2) is 24.3 Å². The minimum absolute atomic E-state index is 0.00728. The number of esters is 2. The number of hydrogen-bond acceptors (Lipinski definition) is 8. The van der Waals surface area contributed by atoms with Crippen LogP contribution >= 0.6 is 0 Å². The number of ketones is 2. The maximum atomic E-state index is 11.9. The standard InChI is InChI=1S/C20H28O8/c1-13(21)11-17-7-3-15(23)6-10-20(26)28-18(12-14(2)22)8-4-16(24)5-9-19(25)27-17/h5-6,9-10,15-18,23-24H,3-4,7-8,11-12H2,1-2H3/b9-5+,10-6+/t15-,16-,17-,18-/m0/s1. The molecule has 2 N–H and O–H groups in total. The molecule has 1 heterocycles. The van der Waals surface area contributed by atoms with Crippen LogP contribution in [0.4, 0.5) is 0 Å². The first kappa shape index (κ1) is 23.7. The van der Waals surface area contributed by atoms with Gasteiger partial charge in [0.1, 0.15) is 23.8 Å². The molecule has 0 fully saturated rings. The molecule has 0 saturated carbocycles. The van der Waals surface area contributed by atoms with E-state index in [1.54, 1.807) is 0 Å². The van der Waals surface area contributed by atoms with Gasteiger partial charge in [0.25, 0.3) is 0 Å². The van der Waals surface area contributed by atoms with Gasteiger partial charge in [-0.25, -0.2) is 9.59 Å².